The van der Waals surface area contributed by atoms with E-state index in [0.29, 0.717) is 23.6 Å². The topological polar surface area (TPSA) is 91.8 Å². The third-order valence-corrected chi connectivity index (χ3v) is 3.47. The second-order valence-electron chi connectivity index (χ2n) is 5.83. The van der Waals surface area contributed by atoms with Crippen LogP contribution in [0.15, 0.2) is 42.7 Å². The molecule has 5 heteroatoms. The van der Waals surface area contributed by atoms with Crippen LogP contribution in [0.2, 0.25) is 0 Å². The molecule has 1 amide bonds. The highest BCUT2D eigenvalue weighted by Crippen LogP contribution is 2.24. The van der Waals surface area contributed by atoms with Crippen LogP contribution in [0.5, 0.6) is 0 Å². The number of nitrogens with zero attached hydrogens (tertiary/aromatic N) is 2. The van der Waals surface area contributed by atoms with Crippen molar-refractivity contribution in [2.24, 2.45) is 11.7 Å². The Labute approximate surface area is 136 Å². The van der Waals surface area contributed by atoms with Crippen LogP contribution < -0.4 is 11.1 Å². The van der Waals surface area contributed by atoms with Crippen molar-refractivity contribution in [2.75, 3.05) is 5.32 Å². The number of amides is 1. The van der Waals surface area contributed by atoms with E-state index in [1.54, 1.807) is 24.5 Å². The number of rotatable bonds is 5. The largest absolute Gasteiger partial charge is 0.324 e. The van der Waals surface area contributed by atoms with Crippen molar-refractivity contribution in [3.63, 3.8) is 0 Å². The molecule has 2 rings (SSSR count). The molecular weight excluding hydrogens is 288 g/mol. The third kappa shape index (κ3) is 4.38. The normalized spacial score (nSPS) is 11.8. The van der Waals surface area contributed by atoms with E-state index in [0.717, 1.165) is 11.1 Å². The number of nitriles is 1. The molecule has 1 atom stereocenters. The summed E-state index contributed by atoms with van der Waals surface area (Å²) in [5.74, 6) is 0.0621. The number of carbonyl (C=O) groups is 1. The van der Waals surface area contributed by atoms with Crippen molar-refractivity contribution in [2.45, 2.75) is 26.3 Å². The van der Waals surface area contributed by atoms with Crippen LogP contribution in [-0.2, 0) is 4.79 Å². The van der Waals surface area contributed by atoms with Gasteiger partial charge in [-0.3, -0.25) is 9.78 Å². The summed E-state index contributed by atoms with van der Waals surface area (Å²) in [4.78, 5) is 16.1. The lowest BCUT2D eigenvalue weighted by Crippen LogP contribution is -2.36. The molecule has 23 heavy (non-hydrogen) atoms. The van der Waals surface area contributed by atoms with E-state index >= 15 is 0 Å². The van der Waals surface area contributed by atoms with Gasteiger partial charge in [-0.1, -0.05) is 19.9 Å². The van der Waals surface area contributed by atoms with Crippen LogP contribution in [0.3, 0.4) is 0 Å². The van der Waals surface area contributed by atoms with Crippen LogP contribution in [-0.4, -0.2) is 16.9 Å². The average molecular weight is 308 g/mol. The molecule has 3 N–H and O–H groups in total. The van der Waals surface area contributed by atoms with Gasteiger partial charge in [0.2, 0.25) is 5.91 Å². The second kappa shape index (κ2) is 7.52. The van der Waals surface area contributed by atoms with Crippen molar-refractivity contribution >= 4 is 11.6 Å². The molecule has 0 bridgehead atoms. The van der Waals surface area contributed by atoms with Crippen molar-refractivity contribution in [1.29, 1.82) is 5.26 Å². The summed E-state index contributed by atoms with van der Waals surface area (Å²) in [6, 6.07) is 10.6. The van der Waals surface area contributed by atoms with Gasteiger partial charge in [-0.25, -0.2) is 0 Å². The van der Waals surface area contributed by atoms with Gasteiger partial charge in [0, 0.05) is 12.4 Å². The maximum absolute atomic E-state index is 12.1. The highest BCUT2D eigenvalue weighted by atomic mass is 16.2. The Hall–Kier alpha value is -2.71. The first kappa shape index (κ1) is 16.7. The van der Waals surface area contributed by atoms with E-state index in [9.17, 15) is 10.1 Å². The van der Waals surface area contributed by atoms with Crippen molar-refractivity contribution < 1.29 is 4.79 Å². The minimum absolute atomic E-state index is 0.271. The predicted molar refractivity (Wildman–Crippen MR) is 90.4 cm³/mol. The lowest BCUT2D eigenvalue weighted by Gasteiger charge is -2.15. The summed E-state index contributed by atoms with van der Waals surface area (Å²) in [7, 11) is 0. The van der Waals surface area contributed by atoms with E-state index < -0.39 is 6.04 Å². The first-order chi connectivity index (χ1) is 11.0. The minimum Gasteiger partial charge on any atom is -0.324 e. The molecule has 1 unspecified atom stereocenters. The van der Waals surface area contributed by atoms with Crippen LogP contribution in [0.25, 0.3) is 11.1 Å². The van der Waals surface area contributed by atoms with Crippen molar-refractivity contribution in [3.8, 4) is 17.2 Å². The fraction of sp³-hybridized carbons (Fsp3) is 0.278. The predicted octanol–water partition coefficient (Wildman–Crippen LogP) is 2.93. The van der Waals surface area contributed by atoms with Crippen molar-refractivity contribution in [3.05, 3.63) is 48.3 Å². The molecule has 0 aliphatic heterocycles. The standard InChI is InChI=1S/C18H20N4O/c1-12(2)9-16(20)18(23)22-17-4-3-14(10-15(17)11-19)13-5-7-21-8-6-13/h3-8,10,12,16H,9,20H2,1-2H3,(H,22,23). The summed E-state index contributed by atoms with van der Waals surface area (Å²) in [6.07, 6.45) is 3.99. The smallest absolute Gasteiger partial charge is 0.241 e. The number of benzene rings is 1. The number of hydrogen-bond donors (Lipinski definition) is 2. The lowest BCUT2D eigenvalue weighted by molar-refractivity contribution is -0.117. The van der Waals surface area contributed by atoms with E-state index in [1.165, 1.54) is 0 Å². The quantitative estimate of drug-likeness (QED) is 0.888. The fourth-order valence-corrected chi connectivity index (χ4v) is 2.31. The molecule has 1 aromatic heterocycles. The summed E-state index contributed by atoms with van der Waals surface area (Å²) >= 11 is 0. The lowest BCUT2D eigenvalue weighted by atomic mass is 10.0. The number of pyridine rings is 1. The Balaban J connectivity index is 2.21. The van der Waals surface area contributed by atoms with Gasteiger partial charge in [0.15, 0.2) is 0 Å². The maximum Gasteiger partial charge on any atom is 0.241 e. The SMILES string of the molecule is CC(C)CC(N)C(=O)Nc1ccc(-c2ccncc2)cc1C#N. The molecule has 0 aliphatic rings. The number of aromatic nitrogens is 1. The number of anilines is 1. The van der Waals surface area contributed by atoms with E-state index in [1.807, 2.05) is 32.0 Å². The summed E-state index contributed by atoms with van der Waals surface area (Å²) in [5, 5.41) is 12.1. The molecule has 118 valence electrons. The Morgan fingerprint density at radius 1 is 1.26 bits per heavy atom. The monoisotopic (exact) mass is 308 g/mol. The van der Waals surface area contributed by atoms with Crippen LogP contribution in [0.4, 0.5) is 5.69 Å². The van der Waals surface area contributed by atoms with E-state index in [4.69, 9.17) is 5.73 Å². The summed E-state index contributed by atoms with van der Waals surface area (Å²) in [6.45, 7) is 4.02. The fourth-order valence-electron chi connectivity index (χ4n) is 2.31. The Kier molecular flexibility index (Phi) is 5.45. The number of carbonyl (C=O) groups excluding carboxylic acids is 1. The molecule has 0 saturated heterocycles. The van der Waals surface area contributed by atoms with E-state index in [-0.39, 0.29) is 5.91 Å². The van der Waals surface area contributed by atoms with Gasteiger partial charge in [0.25, 0.3) is 0 Å². The molecule has 0 aliphatic carbocycles. The van der Waals surface area contributed by atoms with Crippen molar-refractivity contribution in [1.82, 2.24) is 4.98 Å². The van der Waals surface area contributed by atoms with Crippen LogP contribution in [0, 0.1) is 17.2 Å². The molecule has 0 spiro atoms. The molecule has 1 aromatic carbocycles. The van der Waals surface area contributed by atoms with Gasteiger partial charge in [-0.2, -0.15) is 5.26 Å². The molecule has 0 fully saturated rings. The second-order valence-corrected chi connectivity index (χ2v) is 5.83. The van der Waals surface area contributed by atoms with Gasteiger partial charge >= 0.3 is 0 Å². The minimum atomic E-state index is -0.582. The molecular formula is C18H20N4O. The highest BCUT2D eigenvalue weighted by Gasteiger charge is 2.16. The Bertz CT molecular complexity index is 720. The van der Waals surface area contributed by atoms with Gasteiger partial charge in [-0.15, -0.1) is 0 Å². The zero-order valence-corrected chi connectivity index (χ0v) is 13.3. The maximum atomic E-state index is 12.1. The van der Waals surface area contributed by atoms with Crippen LogP contribution in [0.1, 0.15) is 25.8 Å². The molecule has 5 nitrogen and oxygen atoms in total. The first-order valence-corrected chi connectivity index (χ1v) is 7.52. The molecule has 2 aromatic rings. The third-order valence-electron chi connectivity index (χ3n) is 3.47. The number of hydrogen-bond acceptors (Lipinski definition) is 4. The zero-order chi connectivity index (χ0) is 16.8. The highest BCUT2D eigenvalue weighted by molar-refractivity contribution is 5.96. The Morgan fingerprint density at radius 3 is 2.57 bits per heavy atom. The van der Waals surface area contributed by atoms with E-state index in [2.05, 4.69) is 16.4 Å². The van der Waals surface area contributed by atoms with Gasteiger partial charge in [0.05, 0.1) is 17.3 Å². The molecule has 0 radical (unpaired) electrons. The molecule has 0 saturated carbocycles. The van der Waals surface area contributed by atoms with Crippen LogP contribution >= 0.6 is 0 Å². The van der Waals surface area contributed by atoms with Gasteiger partial charge in [0.1, 0.15) is 6.07 Å². The number of nitrogens with two attached hydrogens (primary N) is 1. The molecule has 1 heterocycles. The van der Waals surface area contributed by atoms with Gasteiger partial charge in [-0.05, 0) is 47.7 Å². The Morgan fingerprint density at radius 2 is 1.96 bits per heavy atom. The number of nitrogens with one attached hydrogen (secondary N) is 1. The first-order valence-electron chi connectivity index (χ1n) is 7.52. The summed E-state index contributed by atoms with van der Waals surface area (Å²) in [5.41, 5.74) is 8.62. The van der Waals surface area contributed by atoms with Gasteiger partial charge < -0.3 is 11.1 Å². The summed E-state index contributed by atoms with van der Waals surface area (Å²) < 4.78 is 0. The zero-order valence-electron chi connectivity index (χ0n) is 13.3. The average Bonchev–Trinajstić information content (AvgIpc) is 2.55.